The van der Waals surface area contributed by atoms with Crippen LogP contribution in [0.5, 0.6) is 17.2 Å². The van der Waals surface area contributed by atoms with E-state index in [1.807, 2.05) is 0 Å². The van der Waals surface area contributed by atoms with Crippen molar-refractivity contribution in [1.29, 1.82) is 0 Å². The lowest BCUT2D eigenvalue weighted by atomic mass is 10.1. The maximum absolute atomic E-state index is 12.8. The Labute approximate surface area is 221 Å². The molecule has 1 saturated heterocycles. The van der Waals surface area contributed by atoms with Crippen molar-refractivity contribution in [2.45, 2.75) is 0 Å². The molecule has 0 spiro atoms. The Morgan fingerprint density at radius 3 is 2.39 bits per heavy atom. The molecule has 1 aliphatic rings. The Balaban J connectivity index is 1.47. The third-order valence-electron chi connectivity index (χ3n) is 5.06. The second kappa shape index (κ2) is 11.5. The van der Waals surface area contributed by atoms with Crippen molar-refractivity contribution in [3.05, 3.63) is 92.8 Å². The zero-order chi connectivity index (χ0) is 25.7. The summed E-state index contributed by atoms with van der Waals surface area (Å²) in [4.78, 5) is 39.2. The van der Waals surface area contributed by atoms with Gasteiger partial charge in [0.25, 0.3) is 11.1 Å². The van der Waals surface area contributed by atoms with E-state index in [2.05, 4.69) is 0 Å². The lowest BCUT2D eigenvalue weighted by Crippen LogP contribution is -2.32. The average Bonchev–Trinajstić information content (AvgIpc) is 3.13. The number of imide groups is 1. The lowest BCUT2D eigenvalue weighted by Gasteiger charge is -2.13. The molecule has 1 fully saturated rings. The molecule has 7 nitrogen and oxygen atoms in total. The Morgan fingerprint density at radius 1 is 0.944 bits per heavy atom. The fraction of sp³-hybridized carbons (Fsp3) is 0.115. The number of carbonyl (C=O) groups is 3. The molecule has 2 amide bonds. The first-order valence-corrected chi connectivity index (χ1v) is 12.2. The number of esters is 1. The van der Waals surface area contributed by atoms with Gasteiger partial charge in [-0.1, -0.05) is 53.5 Å². The molecule has 0 bridgehead atoms. The van der Waals surface area contributed by atoms with Crippen LogP contribution in [-0.2, 0) is 4.79 Å². The highest BCUT2D eigenvalue weighted by atomic mass is 35.5. The topological polar surface area (TPSA) is 82.1 Å². The van der Waals surface area contributed by atoms with Gasteiger partial charge in [-0.25, -0.2) is 4.79 Å². The highest BCUT2D eigenvalue weighted by molar-refractivity contribution is 8.18. The molecule has 0 N–H and O–H groups in total. The van der Waals surface area contributed by atoms with E-state index >= 15 is 0 Å². The maximum Gasteiger partial charge on any atom is 0.345 e. The van der Waals surface area contributed by atoms with Crippen LogP contribution in [0, 0.1) is 0 Å². The molecule has 184 valence electrons. The molecular formula is C26H19Cl2NO6S. The number of methoxy groups -OCH3 is 1. The van der Waals surface area contributed by atoms with Gasteiger partial charge in [-0.3, -0.25) is 14.5 Å². The molecule has 0 atom stereocenters. The van der Waals surface area contributed by atoms with Gasteiger partial charge in [0.2, 0.25) is 0 Å². The number of nitrogens with zero attached hydrogens (tertiary/aromatic N) is 1. The molecule has 0 radical (unpaired) electrons. The van der Waals surface area contributed by atoms with Gasteiger partial charge in [0.1, 0.15) is 12.4 Å². The van der Waals surface area contributed by atoms with Crippen LogP contribution in [0.25, 0.3) is 6.08 Å². The Hall–Kier alpha value is -3.46. The highest BCUT2D eigenvalue weighted by Crippen LogP contribution is 2.35. The second-order valence-corrected chi connectivity index (χ2v) is 9.20. The van der Waals surface area contributed by atoms with E-state index in [0.29, 0.717) is 22.1 Å². The van der Waals surface area contributed by atoms with Crippen LogP contribution in [0.3, 0.4) is 0 Å². The third kappa shape index (κ3) is 5.84. The number of hydrogen-bond acceptors (Lipinski definition) is 7. The molecule has 0 aliphatic carbocycles. The number of carbonyl (C=O) groups excluding carboxylic acids is 3. The molecule has 0 aromatic heterocycles. The molecule has 36 heavy (non-hydrogen) atoms. The molecule has 4 rings (SSSR count). The van der Waals surface area contributed by atoms with Crippen molar-refractivity contribution in [2.24, 2.45) is 0 Å². The summed E-state index contributed by atoms with van der Waals surface area (Å²) in [6.45, 7) is 0.163. The zero-order valence-electron chi connectivity index (χ0n) is 18.9. The molecule has 1 aliphatic heterocycles. The predicted molar refractivity (Wildman–Crippen MR) is 139 cm³/mol. The first kappa shape index (κ1) is 25.6. The van der Waals surface area contributed by atoms with Crippen LogP contribution in [-0.4, -0.2) is 42.3 Å². The van der Waals surface area contributed by atoms with Gasteiger partial charge < -0.3 is 14.2 Å². The summed E-state index contributed by atoms with van der Waals surface area (Å²) in [7, 11) is 1.44. The van der Waals surface area contributed by atoms with Gasteiger partial charge >= 0.3 is 5.97 Å². The normalized spacial score (nSPS) is 14.3. The molecule has 1 heterocycles. The quantitative estimate of drug-likeness (QED) is 0.186. The number of halogens is 2. The summed E-state index contributed by atoms with van der Waals surface area (Å²) in [6.07, 6.45) is 1.55. The second-order valence-electron chi connectivity index (χ2n) is 7.39. The van der Waals surface area contributed by atoms with Gasteiger partial charge in [-0.05, 0) is 59.8 Å². The summed E-state index contributed by atoms with van der Waals surface area (Å²) in [6, 6.07) is 18.3. The van der Waals surface area contributed by atoms with Gasteiger partial charge in [0, 0.05) is 0 Å². The van der Waals surface area contributed by atoms with E-state index in [9.17, 15) is 14.4 Å². The minimum atomic E-state index is -0.658. The molecule has 0 unspecified atom stereocenters. The summed E-state index contributed by atoms with van der Waals surface area (Å²) < 4.78 is 16.4. The summed E-state index contributed by atoms with van der Waals surface area (Å²) >= 11 is 13.0. The van der Waals surface area contributed by atoms with Crippen molar-refractivity contribution in [1.82, 2.24) is 4.90 Å². The number of amides is 2. The van der Waals surface area contributed by atoms with Crippen LogP contribution in [0.4, 0.5) is 4.79 Å². The van der Waals surface area contributed by atoms with E-state index in [0.717, 1.165) is 16.7 Å². The maximum atomic E-state index is 12.8. The monoisotopic (exact) mass is 543 g/mol. The fourth-order valence-electron chi connectivity index (χ4n) is 3.30. The minimum absolute atomic E-state index is 0.0660. The molecular weight excluding hydrogens is 525 g/mol. The van der Waals surface area contributed by atoms with E-state index in [4.69, 9.17) is 37.4 Å². The van der Waals surface area contributed by atoms with Crippen molar-refractivity contribution in [3.8, 4) is 17.2 Å². The summed E-state index contributed by atoms with van der Waals surface area (Å²) in [5.41, 5.74) is 0.738. The first-order valence-electron chi connectivity index (χ1n) is 10.6. The van der Waals surface area contributed by atoms with Gasteiger partial charge in [0.15, 0.2) is 11.5 Å². The smallest absolute Gasteiger partial charge is 0.345 e. The van der Waals surface area contributed by atoms with Crippen molar-refractivity contribution in [3.63, 3.8) is 0 Å². The average molecular weight is 544 g/mol. The van der Waals surface area contributed by atoms with E-state index in [1.54, 1.807) is 72.8 Å². The van der Waals surface area contributed by atoms with Crippen LogP contribution in [0.2, 0.25) is 10.0 Å². The zero-order valence-corrected chi connectivity index (χ0v) is 21.2. The molecule has 0 saturated carbocycles. The Bertz CT molecular complexity index is 1360. The van der Waals surface area contributed by atoms with Crippen LogP contribution in [0.15, 0.2) is 71.6 Å². The number of ether oxygens (including phenoxy) is 3. The van der Waals surface area contributed by atoms with E-state index in [-0.39, 0.29) is 34.4 Å². The van der Waals surface area contributed by atoms with Crippen LogP contribution >= 0.6 is 35.0 Å². The number of hydrogen-bond donors (Lipinski definition) is 0. The standard InChI is InChI=1S/C26H19Cl2NO6S/c1-33-21-11-10-16(14-22(21)35-25(31)17-6-2-3-7-18(17)27)15-23-24(30)29(26(32)36-23)12-13-34-20-9-5-4-8-19(20)28/h2-11,14-15H,12-13H2,1H3/b23-15-. The lowest BCUT2D eigenvalue weighted by molar-refractivity contribution is -0.123. The van der Waals surface area contributed by atoms with Crippen molar-refractivity contribution >= 4 is 58.2 Å². The van der Waals surface area contributed by atoms with E-state index in [1.165, 1.54) is 7.11 Å². The number of thioether (sulfide) groups is 1. The molecule has 10 heteroatoms. The molecule has 3 aromatic carbocycles. The van der Waals surface area contributed by atoms with Crippen LogP contribution in [0.1, 0.15) is 15.9 Å². The van der Waals surface area contributed by atoms with Gasteiger partial charge in [0.05, 0.1) is 34.2 Å². The van der Waals surface area contributed by atoms with E-state index < -0.39 is 17.1 Å². The minimum Gasteiger partial charge on any atom is -0.493 e. The Kier molecular flexibility index (Phi) is 8.20. The van der Waals surface area contributed by atoms with Gasteiger partial charge in [-0.15, -0.1) is 0 Å². The summed E-state index contributed by atoms with van der Waals surface area (Å²) in [5.74, 6) is -0.173. The third-order valence-corrected chi connectivity index (χ3v) is 6.61. The number of benzene rings is 3. The first-order chi connectivity index (χ1) is 17.4. The predicted octanol–water partition coefficient (Wildman–Crippen LogP) is 6.34. The van der Waals surface area contributed by atoms with Crippen molar-refractivity contribution in [2.75, 3.05) is 20.3 Å². The number of rotatable bonds is 8. The number of para-hydroxylation sites is 1. The highest BCUT2D eigenvalue weighted by Gasteiger charge is 2.35. The largest absolute Gasteiger partial charge is 0.493 e. The Morgan fingerprint density at radius 2 is 1.67 bits per heavy atom. The van der Waals surface area contributed by atoms with Crippen molar-refractivity contribution < 1.29 is 28.6 Å². The van der Waals surface area contributed by atoms with Gasteiger partial charge in [-0.2, -0.15) is 0 Å². The fourth-order valence-corrected chi connectivity index (χ4v) is 4.57. The molecule has 3 aromatic rings. The SMILES string of the molecule is COc1ccc(/C=C2\SC(=O)N(CCOc3ccccc3Cl)C2=O)cc1OC(=O)c1ccccc1Cl. The van der Waals surface area contributed by atoms with Crippen LogP contribution < -0.4 is 14.2 Å². The summed E-state index contributed by atoms with van der Waals surface area (Å²) in [5, 5.41) is 0.287.